The predicted octanol–water partition coefficient (Wildman–Crippen LogP) is 4.56. The highest BCUT2D eigenvalue weighted by Gasteiger charge is 2.09. The van der Waals surface area contributed by atoms with Gasteiger partial charge < -0.3 is 9.47 Å². The van der Waals surface area contributed by atoms with Crippen LogP contribution in [0.2, 0.25) is 0 Å². The summed E-state index contributed by atoms with van der Waals surface area (Å²) in [6, 6.07) is 18.9. The van der Waals surface area contributed by atoms with Crippen molar-refractivity contribution in [3.63, 3.8) is 0 Å². The topological polar surface area (TPSA) is 62.1 Å². The summed E-state index contributed by atoms with van der Waals surface area (Å²) in [6.45, 7) is 2.03. The molecule has 26 heavy (non-hydrogen) atoms. The largest absolute Gasteiger partial charge is 0.453 e. The van der Waals surface area contributed by atoms with Crippen LogP contribution < -0.4 is 9.47 Å². The van der Waals surface area contributed by atoms with Crippen molar-refractivity contribution < 1.29 is 9.47 Å². The van der Waals surface area contributed by atoms with E-state index in [-0.39, 0.29) is 0 Å². The highest BCUT2D eigenvalue weighted by atomic mass is 16.5. The van der Waals surface area contributed by atoms with Crippen molar-refractivity contribution >= 4 is 0 Å². The fourth-order valence-electron chi connectivity index (χ4n) is 2.36. The van der Waals surface area contributed by atoms with Gasteiger partial charge in [-0.15, -0.1) is 10.2 Å². The Hall–Kier alpha value is -3.67. The first-order valence-electron chi connectivity index (χ1n) is 8.11. The van der Waals surface area contributed by atoms with E-state index in [4.69, 9.17) is 9.47 Å². The van der Waals surface area contributed by atoms with Crippen LogP contribution in [0.4, 0.5) is 0 Å². The summed E-state index contributed by atoms with van der Waals surface area (Å²) in [6.07, 6.45) is 5.15. The molecule has 128 valence electrons. The molecular weight excluding hydrogens is 328 g/mol. The third kappa shape index (κ3) is 3.54. The summed E-state index contributed by atoms with van der Waals surface area (Å²) in [4.78, 5) is 3.99. The number of hydrogen-bond donors (Lipinski definition) is 0. The number of ether oxygens (including phenoxy) is 2. The maximum atomic E-state index is 5.93. The van der Waals surface area contributed by atoms with Gasteiger partial charge in [0.15, 0.2) is 17.3 Å². The highest BCUT2D eigenvalue weighted by Crippen LogP contribution is 2.33. The molecule has 0 radical (unpaired) electrons. The molecule has 4 rings (SSSR count). The lowest BCUT2D eigenvalue weighted by Gasteiger charge is -2.11. The standard InChI is InChI=1S/C20H16N4O2/c1-15-6-8-16(9-7-15)25-17-4-2-3-5-18(17)26-20-11-10-19(22-23-20)24-13-12-21-14-24/h2-14H,1H3. The maximum absolute atomic E-state index is 5.93. The van der Waals surface area contributed by atoms with Crippen LogP contribution in [-0.2, 0) is 0 Å². The van der Waals surface area contributed by atoms with Crippen molar-refractivity contribution in [2.75, 3.05) is 0 Å². The van der Waals surface area contributed by atoms with Gasteiger partial charge in [-0.05, 0) is 37.3 Å². The molecule has 0 atom stereocenters. The molecule has 2 heterocycles. The van der Waals surface area contributed by atoms with E-state index >= 15 is 0 Å². The zero-order valence-corrected chi connectivity index (χ0v) is 14.1. The molecule has 0 saturated heterocycles. The Labute approximate surface area is 150 Å². The lowest BCUT2D eigenvalue weighted by Crippen LogP contribution is -1.98. The lowest BCUT2D eigenvalue weighted by atomic mass is 10.2. The maximum Gasteiger partial charge on any atom is 0.239 e. The number of rotatable bonds is 5. The summed E-state index contributed by atoms with van der Waals surface area (Å²) in [5, 5.41) is 8.26. The van der Waals surface area contributed by atoms with E-state index in [1.165, 1.54) is 5.56 Å². The van der Waals surface area contributed by atoms with E-state index in [0.29, 0.717) is 23.2 Å². The second-order valence-corrected chi connectivity index (χ2v) is 5.66. The number of nitrogens with zero attached hydrogens (tertiary/aromatic N) is 4. The Balaban J connectivity index is 1.54. The van der Waals surface area contributed by atoms with E-state index in [9.17, 15) is 0 Å². The van der Waals surface area contributed by atoms with Crippen molar-refractivity contribution in [1.82, 2.24) is 19.7 Å². The van der Waals surface area contributed by atoms with Crippen molar-refractivity contribution in [2.24, 2.45) is 0 Å². The van der Waals surface area contributed by atoms with Gasteiger partial charge in [0, 0.05) is 18.5 Å². The number of imidazole rings is 1. The minimum Gasteiger partial charge on any atom is -0.453 e. The Kier molecular flexibility index (Phi) is 4.30. The summed E-state index contributed by atoms with van der Waals surface area (Å²) < 4.78 is 13.6. The minimum atomic E-state index is 0.383. The average molecular weight is 344 g/mol. The fraction of sp³-hybridized carbons (Fsp3) is 0.0500. The van der Waals surface area contributed by atoms with Crippen LogP contribution in [0, 0.1) is 6.92 Å². The van der Waals surface area contributed by atoms with Crippen LogP contribution in [0.25, 0.3) is 5.82 Å². The molecular formula is C20H16N4O2. The first kappa shape index (κ1) is 15.8. The van der Waals surface area contributed by atoms with Crippen LogP contribution in [0.5, 0.6) is 23.1 Å². The molecule has 6 nitrogen and oxygen atoms in total. The highest BCUT2D eigenvalue weighted by molar-refractivity contribution is 5.44. The van der Waals surface area contributed by atoms with Gasteiger partial charge in [0.05, 0.1) is 0 Å². The van der Waals surface area contributed by atoms with E-state index in [2.05, 4.69) is 15.2 Å². The van der Waals surface area contributed by atoms with Gasteiger partial charge in [0.2, 0.25) is 5.88 Å². The van der Waals surface area contributed by atoms with E-state index in [0.717, 1.165) is 5.75 Å². The van der Waals surface area contributed by atoms with Gasteiger partial charge in [0.1, 0.15) is 12.1 Å². The van der Waals surface area contributed by atoms with Crippen molar-refractivity contribution in [2.45, 2.75) is 6.92 Å². The molecule has 6 heteroatoms. The Morgan fingerprint density at radius 2 is 1.58 bits per heavy atom. The molecule has 0 spiro atoms. The number of aromatic nitrogens is 4. The van der Waals surface area contributed by atoms with Crippen molar-refractivity contribution in [3.05, 3.63) is 84.9 Å². The van der Waals surface area contributed by atoms with Gasteiger partial charge in [-0.25, -0.2) is 4.98 Å². The van der Waals surface area contributed by atoms with Crippen LogP contribution in [0.1, 0.15) is 5.56 Å². The second-order valence-electron chi connectivity index (χ2n) is 5.66. The monoisotopic (exact) mass is 344 g/mol. The van der Waals surface area contributed by atoms with Crippen LogP contribution in [0.3, 0.4) is 0 Å². The number of hydrogen-bond acceptors (Lipinski definition) is 5. The fourth-order valence-corrected chi connectivity index (χ4v) is 2.36. The first-order valence-corrected chi connectivity index (χ1v) is 8.11. The molecule has 0 saturated carbocycles. The number of aryl methyl sites for hydroxylation is 1. The molecule has 2 aromatic carbocycles. The molecule has 0 aliphatic carbocycles. The van der Waals surface area contributed by atoms with E-state index in [1.807, 2.05) is 61.5 Å². The smallest absolute Gasteiger partial charge is 0.239 e. The zero-order valence-electron chi connectivity index (χ0n) is 14.1. The Morgan fingerprint density at radius 3 is 2.23 bits per heavy atom. The third-order valence-electron chi connectivity index (χ3n) is 3.71. The Bertz CT molecular complexity index is 981. The Morgan fingerprint density at radius 1 is 0.808 bits per heavy atom. The van der Waals surface area contributed by atoms with Gasteiger partial charge >= 0.3 is 0 Å². The molecule has 0 bridgehead atoms. The molecule has 0 amide bonds. The summed E-state index contributed by atoms with van der Waals surface area (Å²) in [7, 11) is 0. The molecule has 0 aliphatic heterocycles. The predicted molar refractivity (Wildman–Crippen MR) is 96.9 cm³/mol. The third-order valence-corrected chi connectivity index (χ3v) is 3.71. The second kappa shape index (κ2) is 7.06. The number of benzene rings is 2. The molecule has 4 aromatic rings. The quantitative estimate of drug-likeness (QED) is 0.531. The van der Waals surface area contributed by atoms with Gasteiger partial charge in [-0.1, -0.05) is 29.8 Å². The summed E-state index contributed by atoms with van der Waals surface area (Å²) >= 11 is 0. The van der Waals surface area contributed by atoms with E-state index < -0.39 is 0 Å². The molecule has 0 unspecified atom stereocenters. The van der Waals surface area contributed by atoms with Crippen LogP contribution >= 0.6 is 0 Å². The normalized spacial score (nSPS) is 10.5. The van der Waals surface area contributed by atoms with Crippen molar-refractivity contribution in [3.8, 4) is 28.9 Å². The van der Waals surface area contributed by atoms with Gasteiger partial charge in [0.25, 0.3) is 0 Å². The molecule has 2 aromatic heterocycles. The van der Waals surface area contributed by atoms with Crippen LogP contribution in [0.15, 0.2) is 79.4 Å². The van der Waals surface area contributed by atoms with Crippen LogP contribution in [-0.4, -0.2) is 19.7 Å². The number of para-hydroxylation sites is 2. The van der Waals surface area contributed by atoms with Crippen molar-refractivity contribution in [1.29, 1.82) is 0 Å². The van der Waals surface area contributed by atoms with E-state index in [1.54, 1.807) is 29.4 Å². The molecule has 0 fully saturated rings. The molecule has 0 aliphatic rings. The first-order chi connectivity index (χ1) is 12.8. The molecule has 0 N–H and O–H groups in total. The minimum absolute atomic E-state index is 0.383. The SMILES string of the molecule is Cc1ccc(Oc2ccccc2Oc2ccc(-n3ccnc3)nn2)cc1. The zero-order chi connectivity index (χ0) is 17.8. The lowest BCUT2D eigenvalue weighted by molar-refractivity contribution is 0.406. The average Bonchev–Trinajstić information content (AvgIpc) is 3.21. The van der Waals surface area contributed by atoms with Gasteiger partial charge in [-0.2, -0.15) is 0 Å². The summed E-state index contributed by atoms with van der Waals surface area (Å²) in [5.41, 5.74) is 1.18. The summed E-state index contributed by atoms with van der Waals surface area (Å²) in [5.74, 6) is 2.97. The van der Waals surface area contributed by atoms with Gasteiger partial charge in [-0.3, -0.25) is 4.57 Å².